The molecule has 0 aliphatic rings. The van der Waals surface area contributed by atoms with E-state index >= 15 is 0 Å². The summed E-state index contributed by atoms with van der Waals surface area (Å²) >= 11 is 0. The van der Waals surface area contributed by atoms with Gasteiger partial charge in [-0.3, -0.25) is 9.52 Å². The number of sulfonamides is 1. The zero-order valence-corrected chi connectivity index (χ0v) is 20.3. The molecule has 1 aromatic heterocycles. The predicted octanol–water partition coefficient (Wildman–Crippen LogP) is 2.85. The third kappa shape index (κ3) is 7.18. The second-order valence-electron chi connectivity index (χ2n) is 7.39. The van der Waals surface area contributed by atoms with Crippen molar-refractivity contribution in [2.75, 3.05) is 18.9 Å². The smallest absolute Gasteiger partial charge is 0.263 e. The van der Waals surface area contributed by atoms with E-state index in [2.05, 4.69) is 21.5 Å². The molecule has 2 aromatic carbocycles. The molecule has 1 amide bonds. The fourth-order valence-electron chi connectivity index (χ4n) is 2.97. The summed E-state index contributed by atoms with van der Waals surface area (Å²) in [6.45, 7) is 0.0754. The Balaban J connectivity index is 1.61. The molecule has 9 nitrogen and oxygen atoms in total. The highest BCUT2D eigenvalue weighted by Crippen LogP contribution is 2.30. The number of halogens is 1. The van der Waals surface area contributed by atoms with Crippen molar-refractivity contribution in [3.05, 3.63) is 77.7 Å². The number of aromatic nitrogens is 1. The number of nitrogens with two attached hydrogens (primary N) is 1. The van der Waals surface area contributed by atoms with E-state index in [-0.39, 0.29) is 35.3 Å². The topological polar surface area (TPSA) is 130 Å². The zero-order chi connectivity index (χ0) is 26.1. The number of carbonyl (C=O) groups is 1. The molecule has 0 aliphatic heterocycles. The Labute approximate surface area is 208 Å². The van der Waals surface area contributed by atoms with Crippen LogP contribution in [0.25, 0.3) is 0 Å². The van der Waals surface area contributed by atoms with Gasteiger partial charge in [-0.05, 0) is 42.0 Å². The Morgan fingerprint density at radius 1 is 1.08 bits per heavy atom. The fraction of sp³-hybridized carbons (Fsp3) is 0.200. The molecule has 1 unspecified atom stereocenters. The number of amides is 1. The number of hydrogen-bond acceptors (Lipinski definition) is 7. The second kappa shape index (κ2) is 12.0. The number of carbonyl (C=O) groups excluding carboxylic acids is 1. The van der Waals surface area contributed by atoms with Gasteiger partial charge >= 0.3 is 0 Å². The van der Waals surface area contributed by atoms with Crippen LogP contribution >= 0.6 is 0 Å². The van der Waals surface area contributed by atoms with Crippen molar-refractivity contribution < 1.29 is 31.8 Å². The van der Waals surface area contributed by atoms with Crippen LogP contribution in [-0.4, -0.2) is 39.6 Å². The maximum Gasteiger partial charge on any atom is 0.263 e. The minimum atomic E-state index is -3.93. The summed E-state index contributed by atoms with van der Waals surface area (Å²) in [5, 5.41) is 0. The molecule has 3 aromatic rings. The highest BCUT2D eigenvalue weighted by Gasteiger charge is 2.18. The van der Waals surface area contributed by atoms with E-state index < -0.39 is 22.0 Å². The molecule has 3 N–H and O–H groups in total. The number of methoxy groups -OCH3 is 2. The minimum absolute atomic E-state index is 0.0241. The third-order valence-electron chi connectivity index (χ3n) is 4.87. The van der Waals surface area contributed by atoms with Gasteiger partial charge in [-0.2, -0.15) is 0 Å². The van der Waals surface area contributed by atoms with Crippen LogP contribution in [0, 0.1) is 17.7 Å². The molecule has 0 radical (unpaired) electrons. The van der Waals surface area contributed by atoms with Crippen LogP contribution in [0.3, 0.4) is 0 Å². The van der Waals surface area contributed by atoms with Crippen LogP contribution in [0.5, 0.6) is 11.5 Å². The van der Waals surface area contributed by atoms with Crippen LogP contribution in [0.4, 0.5) is 10.2 Å². The van der Waals surface area contributed by atoms with Crippen molar-refractivity contribution in [2.24, 2.45) is 5.73 Å². The van der Waals surface area contributed by atoms with Crippen molar-refractivity contribution in [1.29, 1.82) is 0 Å². The third-order valence-corrected chi connectivity index (χ3v) is 6.22. The van der Waals surface area contributed by atoms with Gasteiger partial charge in [0.2, 0.25) is 5.91 Å². The van der Waals surface area contributed by atoms with Gasteiger partial charge in [0.25, 0.3) is 10.0 Å². The van der Waals surface area contributed by atoms with Crippen LogP contribution in [-0.2, 0) is 26.2 Å². The molecule has 36 heavy (non-hydrogen) atoms. The first-order valence-corrected chi connectivity index (χ1v) is 12.1. The first kappa shape index (κ1) is 26.5. The van der Waals surface area contributed by atoms with Crippen molar-refractivity contribution in [3.63, 3.8) is 0 Å². The molecule has 0 saturated heterocycles. The van der Waals surface area contributed by atoms with Gasteiger partial charge in [0, 0.05) is 24.2 Å². The van der Waals surface area contributed by atoms with Crippen molar-refractivity contribution in [2.45, 2.75) is 24.0 Å². The molecular formula is C25H24FN3O6S. The number of ether oxygens (including phenoxy) is 3. The van der Waals surface area contributed by atoms with Crippen molar-refractivity contribution >= 4 is 21.7 Å². The average Bonchev–Trinajstić information content (AvgIpc) is 2.87. The Hall–Kier alpha value is -4.14. The van der Waals surface area contributed by atoms with Gasteiger partial charge in [-0.1, -0.05) is 24.0 Å². The van der Waals surface area contributed by atoms with Gasteiger partial charge in [-0.15, -0.1) is 0 Å². The van der Waals surface area contributed by atoms with E-state index in [1.807, 2.05) is 0 Å². The summed E-state index contributed by atoms with van der Waals surface area (Å²) < 4.78 is 56.6. The fourth-order valence-corrected chi connectivity index (χ4v) is 4.00. The summed E-state index contributed by atoms with van der Waals surface area (Å²) in [6, 6.07) is 12.9. The van der Waals surface area contributed by atoms with Gasteiger partial charge < -0.3 is 19.9 Å². The largest absolute Gasteiger partial charge is 0.493 e. The number of primary amides is 1. The van der Waals surface area contributed by atoms with Crippen LogP contribution in [0.15, 0.2) is 65.7 Å². The monoisotopic (exact) mass is 513 g/mol. The summed E-state index contributed by atoms with van der Waals surface area (Å²) in [5.41, 5.74) is 6.56. The molecule has 188 valence electrons. The molecular weight excluding hydrogens is 489 g/mol. The predicted molar refractivity (Wildman–Crippen MR) is 130 cm³/mol. The molecule has 1 atom stereocenters. The zero-order valence-electron chi connectivity index (χ0n) is 19.5. The van der Waals surface area contributed by atoms with E-state index in [4.69, 9.17) is 19.9 Å². The van der Waals surface area contributed by atoms with E-state index in [1.54, 1.807) is 18.2 Å². The maximum absolute atomic E-state index is 13.0. The molecule has 0 fully saturated rings. The lowest BCUT2D eigenvalue weighted by molar-refractivity contribution is -0.129. The van der Waals surface area contributed by atoms with Crippen molar-refractivity contribution in [1.82, 2.24) is 4.98 Å². The normalized spacial score (nSPS) is 11.6. The lowest BCUT2D eigenvalue weighted by Crippen LogP contribution is -2.30. The highest BCUT2D eigenvalue weighted by molar-refractivity contribution is 7.92. The van der Waals surface area contributed by atoms with Crippen LogP contribution in [0.1, 0.15) is 17.5 Å². The van der Waals surface area contributed by atoms with Gasteiger partial charge in [0.15, 0.2) is 11.5 Å². The van der Waals surface area contributed by atoms with Crippen LogP contribution in [0.2, 0.25) is 0 Å². The van der Waals surface area contributed by atoms with E-state index in [0.29, 0.717) is 16.9 Å². The average molecular weight is 514 g/mol. The Kier molecular flexibility index (Phi) is 8.83. The number of pyridine rings is 1. The molecule has 0 bridgehead atoms. The molecule has 0 saturated carbocycles. The van der Waals surface area contributed by atoms with Crippen LogP contribution < -0.4 is 19.9 Å². The van der Waals surface area contributed by atoms with E-state index in [9.17, 15) is 17.6 Å². The lowest BCUT2D eigenvalue weighted by Gasteiger charge is -2.12. The SMILES string of the molecule is COc1ccc(S(=O)(=O)Nc2ccc(C#CCC(OCc3ccc(F)cc3)C(N)=O)cn2)cc1OC. The number of anilines is 1. The number of nitrogens with one attached hydrogen (secondary N) is 1. The van der Waals surface area contributed by atoms with Gasteiger partial charge in [0.1, 0.15) is 17.7 Å². The summed E-state index contributed by atoms with van der Waals surface area (Å²) in [5.74, 6) is 5.35. The molecule has 0 spiro atoms. The first-order chi connectivity index (χ1) is 17.2. The molecule has 1 heterocycles. The summed E-state index contributed by atoms with van der Waals surface area (Å²) in [7, 11) is -1.06. The van der Waals surface area contributed by atoms with E-state index in [0.717, 1.165) is 0 Å². The van der Waals surface area contributed by atoms with E-state index in [1.165, 1.54) is 56.8 Å². The number of hydrogen-bond donors (Lipinski definition) is 2. The van der Waals surface area contributed by atoms with Gasteiger partial charge in [-0.25, -0.2) is 17.8 Å². The summed E-state index contributed by atoms with van der Waals surface area (Å²) in [4.78, 5) is 15.7. The number of benzene rings is 2. The Bertz CT molecular complexity index is 1370. The lowest BCUT2D eigenvalue weighted by atomic mass is 10.2. The number of nitrogens with zero attached hydrogens (tertiary/aromatic N) is 1. The summed E-state index contributed by atoms with van der Waals surface area (Å²) in [6.07, 6.45) is 0.463. The highest BCUT2D eigenvalue weighted by atomic mass is 32.2. The molecule has 0 aliphatic carbocycles. The minimum Gasteiger partial charge on any atom is -0.493 e. The number of rotatable bonds is 10. The standard InChI is InChI=1S/C25H24FN3O6S/c1-33-21-12-11-20(14-23(21)34-2)36(31,32)29-24-13-8-17(15-28-24)4-3-5-22(25(27)30)35-16-18-6-9-19(26)10-7-18/h6-15,22H,5,16H2,1-2H3,(H2,27,30)(H,28,29). The molecule has 3 rings (SSSR count). The quantitative estimate of drug-likeness (QED) is 0.399. The van der Waals surface area contributed by atoms with Crippen molar-refractivity contribution in [3.8, 4) is 23.3 Å². The second-order valence-corrected chi connectivity index (χ2v) is 9.07. The van der Waals surface area contributed by atoms with Gasteiger partial charge in [0.05, 0.1) is 25.7 Å². The first-order valence-electron chi connectivity index (χ1n) is 10.6. The molecule has 11 heteroatoms. The Morgan fingerprint density at radius 2 is 1.81 bits per heavy atom. The Morgan fingerprint density at radius 3 is 2.42 bits per heavy atom. The maximum atomic E-state index is 13.0.